The van der Waals surface area contributed by atoms with E-state index in [0.717, 1.165) is 43.0 Å². The number of unbranched alkanes of at least 4 members (excludes halogenated alkanes) is 1. The van der Waals surface area contributed by atoms with Gasteiger partial charge in [-0.1, -0.05) is 43.7 Å². The molecule has 142 valence electrons. The number of nitrogens with zero attached hydrogens (tertiary/aromatic N) is 5. The molecule has 0 aromatic carbocycles. The van der Waals surface area contributed by atoms with Gasteiger partial charge in [-0.05, 0) is 24.8 Å². The molecule has 0 saturated carbocycles. The summed E-state index contributed by atoms with van der Waals surface area (Å²) in [5.41, 5.74) is 7.01. The molecule has 1 aromatic rings. The summed E-state index contributed by atoms with van der Waals surface area (Å²) < 4.78 is 2.06. The Hall–Kier alpha value is -2.89. The second-order valence-electron chi connectivity index (χ2n) is 6.63. The number of allylic oxidation sites excluding steroid dienone is 5. The lowest BCUT2D eigenvalue weighted by Crippen LogP contribution is -2.44. The van der Waals surface area contributed by atoms with Gasteiger partial charge in [-0.3, -0.25) is 15.4 Å². The van der Waals surface area contributed by atoms with Gasteiger partial charge in [0.1, 0.15) is 12.2 Å². The van der Waals surface area contributed by atoms with Crippen LogP contribution in [0.5, 0.6) is 0 Å². The van der Waals surface area contributed by atoms with Crippen LogP contribution in [0.4, 0.5) is 0 Å². The molecule has 0 unspecified atom stereocenters. The molecule has 0 saturated heterocycles. The molecular formula is C21H28N6. The van der Waals surface area contributed by atoms with Crippen LogP contribution in [0.25, 0.3) is 0 Å². The van der Waals surface area contributed by atoms with Crippen molar-refractivity contribution in [2.24, 2.45) is 9.98 Å². The Morgan fingerprint density at radius 2 is 2.26 bits per heavy atom. The number of nitrogens with one attached hydrogen (secondary N) is 1. The maximum absolute atomic E-state index is 4.74. The van der Waals surface area contributed by atoms with E-state index in [0.29, 0.717) is 0 Å². The summed E-state index contributed by atoms with van der Waals surface area (Å²) in [7, 11) is 1.81. The van der Waals surface area contributed by atoms with Crippen LogP contribution in [0.15, 0.2) is 75.9 Å². The van der Waals surface area contributed by atoms with E-state index in [2.05, 4.69) is 51.2 Å². The first kappa shape index (κ1) is 18.9. The van der Waals surface area contributed by atoms with Crippen LogP contribution in [0.1, 0.15) is 32.6 Å². The standard InChI is InChI=1S/C21H28N6/c1-3-4-9-19-14-27(17-24-20(19)15-26-13-12-23-16-26)25-21(22-2)18-10-7-5-6-8-11-18/h5-7,10-13,16-17H,3-4,8-9,14-15H2,1-2H3,(H,22,25). The molecule has 0 fully saturated rings. The molecule has 0 radical (unpaired) electrons. The topological polar surface area (TPSA) is 57.8 Å². The molecule has 1 aliphatic carbocycles. The highest BCUT2D eigenvalue weighted by Gasteiger charge is 2.17. The SMILES string of the molecule is CCCCC1=C(Cn2ccnc2)N=CN(NC(=NC)C2=CCC=CC=C2)C1. The third kappa shape index (κ3) is 5.29. The fraction of sp³-hybridized carbons (Fsp3) is 0.381. The molecule has 6 heteroatoms. The highest BCUT2D eigenvalue weighted by molar-refractivity contribution is 6.01. The molecule has 1 aromatic heterocycles. The molecule has 0 amide bonds. The van der Waals surface area contributed by atoms with Gasteiger partial charge in [0.15, 0.2) is 0 Å². The third-order valence-corrected chi connectivity index (χ3v) is 4.59. The fourth-order valence-corrected chi connectivity index (χ4v) is 3.09. The average Bonchev–Trinajstić information content (AvgIpc) is 3.05. The normalized spacial score (nSPS) is 17.3. The average molecular weight is 364 g/mol. The summed E-state index contributed by atoms with van der Waals surface area (Å²) in [6, 6.07) is 0. The molecule has 0 spiro atoms. The van der Waals surface area contributed by atoms with E-state index >= 15 is 0 Å². The Bertz CT molecular complexity index is 793. The number of imidazole rings is 1. The van der Waals surface area contributed by atoms with Gasteiger partial charge < -0.3 is 4.57 Å². The van der Waals surface area contributed by atoms with E-state index < -0.39 is 0 Å². The van der Waals surface area contributed by atoms with Crippen molar-refractivity contribution in [2.45, 2.75) is 39.2 Å². The zero-order chi connectivity index (χ0) is 18.9. The minimum Gasteiger partial charge on any atom is -0.331 e. The summed E-state index contributed by atoms with van der Waals surface area (Å²) in [5, 5.41) is 2.03. The number of amidine groups is 1. The smallest absolute Gasteiger partial charge is 0.146 e. The van der Waals surface area contributed by atoms with Crippen molar-refractivity contribution >= 4 is 12.2 Å². The maximum atomic E-state index is 4.74. The number of hydrogen-bond donors (Lipinski definition) is 1. The predicted octanol–water partition coefficient (Wildman–Crippen LogP) is 3.65. The fourth-order valence-electron chi connectivity index (χ4n) is 3.09. The van der Waals surface area contributed by atoms with E-state index in [-0.39, 0.29) is 0 Å². The number of aliphatic imine (C=N–C) groups is 2. The first-order chi connectivity index (χ1) is 13.3. The van der Waals surface area contributed by atoms with Gasteiger partial charge in [0.25, 0.3) is 0 Å². The largest absolute Gasteiger partial charge is 0.331 e. The van der Waals surface area contributed by atoms with Crippen molar-refractivity contribution in [3.8, 4) is 0 Å². The van der Waals surface area contributed by atoms with Crippen molar-refractivity contribution in [3.63, 3.8) is 0 Å². The van der Waals surface area contributed by atoms with Crippen LogP contribution < -0.4 is 5.43 Å². The Labute approximate surface area is 161 Å². The molecular weight excluding hydrogens is 336 g/mol. The molecule has 2 aliphatic rings. The highest BCUT2D eigenvalue weighted by Crippen LogP contribution is 2.20. The van der Waals surface area contributed by atoms with E-state index in [9.17, 15) is 0 Å². The number of rotatable bonds is 7. The van der Waals surface area contributed by atoms with E-state index in [4.69, 9.17) is 4.99 Å². The summed E-state index contributed by atoms with van der Waals surface area (Å²) in [5.74, 6) is 0.856. The quantitative estimate of drug-likeness (QED) is 0.593. The van der Waals surface area contributed by atoms with Crippen LogP contribution in [-0.2, 0) is 6.54 Å². The minimum atomic E-state index is 0.762. The second kappa shape index (κ2) is 9.71. The third-order valence-electron chi connectivity index (χ3n) is 4.59. The summed E-state index contributed by atoms with van der Waals surface area (Å²) in [6.07, 6.45) is 22.3. The number of hydrogen-bond acceptors (Lipinski definition) is 4. The molecule has 1 N–H and O–H groups in total. The molecule has 0 bridgehead atoms. The van der Waals surface area contributed by atoms with Gasteiger partial charge in [-0.2, -0.15) is 0 Å². The van der Waals surface area contributed by atoms with Crippen molar-refractivity contribution in [2.75, 3.05) is 13.6 Å². The van der Waals surface area contributed by atoms with Crippen LogP contribution in [0.2, 0.25) is 0 Å². The Morgan fingerprint density at radius 3 is 3.04 bits per heavy atom. The second-order valence-corrected chi connectivity index (χ2v) is 6.63. The lowest BCUT2D eigenvalue weighted by molar-refractivity contribution is 0.401. The van der Waals surface area contributed by atoms with Gasteiger partial charge in [0.05, 0.1) is 25.1 Å². The van der Waals surface area contributed by atoms with Gasteiger partial charge in [0.2, 0.25) is 0 Å². The first-order valence-electron chi connectivity index (χ1n) is 9.54. The minimum absolute atomic E-state index is 0.762. The van der Waals surface area contributed by atoms with Crippen LogP contribution in [-0.4, -0.2) is 40.3 Å². The van der Waals surface area contributed by atoms with E-state index in [1.807, 2.05) is 37.0 Å². The lowest BCUT2D eigenvalue weighted by Gasteiger charge is -2.28. The molecule has 6 nitrogen and oxygen atoms in total. The number of hydrazine groups is 1. The number of aromatic nitrogens is 2. The van der Waals surface area contributed by atoms with Crippen molar-refractivity contribution < 1.29 is 0 Å². The Kier molecular flexibility index (Phi) is 6.79. The zero-order valence-electron chi connectivity index (χ0n) is 16.2. The first-order valence-corrected chi connectivity index (χ1v) is 9.54. The van der Waals surface area contributed by atoms with Gasteiger partial charge in [-0.25, -0.2) is 9.98 Å². The maximum Gasteiger partial charge on any atom is 0.146 e. The molecule has 1 aliphatic heterocycles. The highest BCUT2D eigenvalue weighted by atomic mass is 15.5. The van der Waals surface area contributed by atoms with Crippen molar-refractivity contribution in [1.82, 2.24) is 20.0 Å². The van der Waals surface area contributed by atoms with Crippen LogP contribution in [0.3, 0.4) is 0 Å². The molecule has 0 atom stereocenters. The summed E-state index contributed by atoms with van der Waals surface area (Å²) >= 11 is 0. The summed E-state index contributed by atoms with van der Waals surface area (Å²) in [4.78, 5) is 13.3. The van der Waals surface area contributed by atoms with Gasteiger partial charge in [0, 0.05) is 25.0 Å². The van der Waals surface area contributed by atoms with E-state index in [1.54, 1.807) is 6.20 Å². The van der Waals surface area contributed by atoms with Gasteiger partial charge in [-0.15, -0.1) is 0 Å². The van der Waals surface area contributed by atoms with Crippen LogP contribution >= 0.6 is 0 Å². The Balaban J connectivity index is 1.70. The zero-order valence-corrected chi connectivity index (χ0v) is 16.2. The molecule has 3 rings (SSSR count). The van der Waals surface area contributed by atoms with Crippen LogP contribution in [0, 0.1) is 0 Å². The monoisotopic (exact) mass is 364 g/mol. The van der Waals surface area contributed by atoms with Gasteiger partial charge >= 0.3 is 0 Å². The van der Waals surface area contributed by atoms with Crippen molar-refractivity contribution in [3.05, 3.63) is 65.9 Å². The molecule has 27 heavy (non-hydrogen) atoms. The van der Waals surface area contributed by atoms with E-state index in [1.165, 1.54) is 18.4 Å². The molecule has 2 heterocycles. The predicted molar refractivity (Wildman–Crippen MR) is 111 cm³/mol. The summed E-state index contributed by atoms with van der Waals surface area (Å²) in [6.45, 7) is 3.79. The van der Waals surface area contributed by atoms with Crippen molar-refractivity contribution in [1.29, 1.82) is 0 Å². The Morgan fingerprint density at radius 1 is 1.33 bits per heavy atom. The lowest BCUT2D eigenvalue weighted by atomic mass is 10.1.